The number of thioether (sulfide) groups is 1. The van der Waals surface area contributed by atoms with E-state index in [0.29, 0.717) is 17.5 Å². The lowest BCUT2D eigenvalue weighted by Gasteiger charge is -2.03. The van der Waals surface area contributed by atoms with Gasteiger partial charge in [-0.25, -0.2) is 0 Å². The van der Waals surface area contributed by atoms with E-state index in [1.807, 2.05) is 43.3 Å². The molecule has 1 aromatic heterocycles. The minimum Gasteiger partial charge on any atom is -0.416 e. The van der Waals surface area contributed by atoms with Crippen LogP contribution in [0.1, 0.15) is 17.0 Å². The molecular weight excluding hydrogens is 449 g/mol. The maximum Gasteiger partial charge on any atom is 0.277 e. The first-order valence-electron chi connectivity index (χ1n) is 7.64. The van der Waals surface area contributed by atoms with Gasteiger partial charge in [0.25, 0.3) is 5.22 Å². The van der Waals surface area contributed by atoms with E-state index in [-0.39, 0.29) is 11.7 Å². The maximum absolute atomic E-state index is 12.0. The van der Waals surface area contributed by atoms with Crippen LogP contribution < -0.4 is 5.32 Å². The topological polar surface area (TPSA) is 68.0 Å². The molecule has 3 aromatic rings. The Balaban J connectivity index is 1.50. The Kier molecular flexibility index (Phi) is 6.09. The molecule has 0 saturated heterocycles. The monoisotopic (exact) mass is 465 g/mol. The smallest absolute Gasteiger partial charge is 0.277 e. The molecule has 7 heteroatoms. The Morgan fingerprint density at radius 2 is 1.84 bits per heavy atom. The number of rotatable bonds is 6. The molecule has 1 heterocycles. The highest BCUT2D eigenvalue weighted by molar-refractivity contribution is 14.1. The summed E-state index contributed by atoms with van der Waals surface area (Å²) in [5, 5.41) is 11.3. The molecule has 0 spiro atoms. The molecule has 2 aromatic carbocycles. The van der Waals surface area contributed by atoms with E-state index in [1.165, 1.54) is 17.3 Å². The zero-order valence-electron chi connectivity index (χ0n) is 13.5. The van der Waals surface area contributed by atoms with E-state index < -0.39 is 0 Å². The number of carbonyl (C=O) groups excluding carboxylic acids is 1. The quantitative estimate of drug-likeness (QED) is 0.434. The van der Waals surface area contributed by atoms with Gasteiger partial charge < -0.3 is 9.73 Å². The lowest BCUT2D eigenvalue weighted by molar-refractivity contribution is -0.113. The standard InChI is InChI=1S/C18H16IN3O2S/c1-12-2-4-13(5-3-12)10-17-21-22-18(24-17)25-11-16(23)20-15-8-6-14(19)7-9-15/h2-9H,10-11H2,1H3,(H,20,23). The summed E-state index contributed by atoms with van der Waals surface area (Å²) in [6.45, 7) is 2.05. The van der Waals surface area contributed by atoms with Gasteiger partial charge in [0.1, 0.15) is 0 Å². The second kappa shape index (κ2) is 8.48. The van der Waals surface area contributed by atoms with Crippen molar-refractivity contribution in [3.8, 4) is 0 Å². The molecule has 128 valence electrons. The van der Waals surface area contributed by atoms with Crippen molar-refractivity contribution in [3.05, 3.63) is 69.1 Å². The van der Waals surface area contributed by atoms with Gasteiger partial charge >= 0.3 is 0 Å². The van der Waals surface area contributed by atoms with Gasteiger partial charge in [0.05, 0.1) is 12.2 Å². The average molecular weight is 465 g/mol. The summed E-state index contributed by atoms with van der Waals surface area (Å²) >= 11 is 3.45. The highest BCUT2D eigenvalue weighted by Crippen LogP contribution is 2.19. The van der Waals surface area contributed by atoms with Gasteiger partial charge in [-0.3, -0.25) is 4.79 Å². The molecule has 1 amide bonds. The number of nitrogens with one attached hydrogen (secondary N) is 1. The van der Waals surface area contributed by atoms with Crippen LogP contribution >= 0.6 is 34.4 Å². The third kappa shape index (κ3) is 5.57. The van der Waals surface area contributed by atoms with Crippen LogP contribution in [0.4, 0.5) is 5.69 Å². The van der Waals surface area contributed by atoms with Crippen molar-refractivity contribution < 1.29 is 9.21 Å². The molecular formula is C18H16IN3O2S. The fraction of sp³-hybridized carbons (Fsp3) is 0.167. The van der Waals surface area contributed by atoms with Crippen molar-refractivity contribution in [1.82, 2.24) is 10.2 Å². The van der Waals surface area contributed by atoms with E-state index in [2.05, 4.69) is 50.2 Å². The van der Waals surface area contributed by atoms with Crippen molar-refractivity contribution in [2.45, 2.75) is 18.6 Å². The Morgan fingerprint density at radius 1 is 1.12 bits per heavy atom. The van der Waals surface area contributed by atoms with Crippen LogP contribution in [-0.2, 0) is 11.2 Å². The summed E-state index contributed by atoms with van der Waals surface area (Å²) in [7, 11) is 0. The second-order valence-electron chi connectivity index (χ2n) is 5.47. The third-order valence-electron chi connectivity index (χ3n) is 3.38. The number of aromatic nitrogens is 2. The molecule has 0 saturated carbocycles. The molecule has 0 aliphatic heterocycles. The predicted molar refractivity (Wildman–Crippen MR) is 107 cm³/mol. The van der Waals surface area contributed by atoms with Crippen LogP contribution in [-0.4, -0.2) is 21.9 Å². The number of anilines is 1. The molecule has 0 radical (unpaired) electrons. The Labute approximate surface area is 163 Å². The first-order chi connectivity index (χ1) is 12.1. The van der Waals surface area contributed by atoms with Crippen molar-refractivity contribution in [1.29, 1.82) is 0 Å². The van der Waals surface area contributed by atoms with Crippen LogP contribution in [0.5, 0.6) is 0 Å². The Morgan fingerprint density at radius 3 is 2.56 bits per heavy atom. The first kappa shape index (κ1) is 17.9. The van der Waals surface area contributed by atoms with Crippen LogP contribution in [0.15, 0.2) is 58.2 Å². The number of halogens is 1. The van der Waals surface area contributed by atoms with Crippen molar-refractivity contribution in [2.24, 2.45) is 0 Å². The Bertz CT molecular complexity index is 848. The summed E-state index contributed by atoms with van der Waals surface area (Å²) in [4.78, 5) is 12.0. The molecule has 0 fully saturated rings. The fourth-order valence-corrected chi connectivity index (χ4v) is 3.05. The lowest BCUT2D eigenvalue weighted by atomic mass is 10.1. The van der Waals surface area contributed by atoms with Crippen LogP contribution in [0.3, 0.4) is 0 Å². The molecule has 3 rings (SSSR count). The van der Waals surface area contributed by atoms with Crippen molar-refractivity contribution >= 4 is 45.9 Å². The number of aryl methyl sites for hydroxylation is 1. The summed E-state index contributed by atoms with van der Waals surface area (Å²) in [6.07, 6.45) is 0.586. The lowest BCUT2D eigenvalue weighted by Crippen LogP contribution is -2.13. The third-order valence-corrected chi connectivity index (χ3v) is 4.92. The summed E-state index contributed by atoms with van der Waals surface area (Å²) < 4.78 is 6.72. The van der Waals surface area contributed by atoms with Crippen molar-refractivity contribution in [2.75, 3.05) is 11.1 Å². The Hall–Kier alpha value is -1.87. The number of benzene rings is 2. The zero-order chi connectivity index (χ0) is 17.6. The summed E-state index contributed by atoms with van der Waals surface area (Å²) in [5.41, 5.74) is 3.10. The van der Waals surface area contributed by atoms with Gasteiger partial charge in [-0.1, -0.05) is 41.6 Å². The second-order valence-corrected chi connectivity index (χ2v) is 7.64. The maximum atomic E-state index is 12.0. The van der Waals surface area contributed by atoms with Crippen molar-refractivity contribution in [3.63, 3.8) is 0 Å². The fourth-order valence-electron chi connectivity index (χ4n) is 2.11. The number of carbonyl (C=O) groups is 1. The van der Waals surface area contributed by atoms with E-state index in [0.717, 1.165) is 14.8 Å². The largest absolute Gasteiger partial charge is 0.416 e. The number of amides is 1. The molecule has 25 heavy (non-hydrogen) atoms. The predicted octanol–water partition coefficient (Wildman–Crippen LogP) is 4.30. The highest BCUT2D eigenvalue weighted by Gasteiger charge is 2.10. The van der Waals surface area contributed by atoms with Gasteiger partial charge in [0.2, 0.25) is 11.8 Å². The normalized spacial score (nSPS) is 10.6. The van der Waals surface area contributed by atoms with Crippen LogP contribution in [0, 0.1) is 10.5 Å². The number of nitrogens with zero attached hydrogens (tertiary/aromatic N) is 2. The van der Waals surface area contributed by atoms with E-state index in [1.54, 1.807) is 0 Å². The van der Waals surface area contributed by atoms with Gasteiger partial charge in [-0.2, -0.15) is 0 Å². The number of hydrogen-bond donors (Lipinski definition) is 1. The molecule has 0 aliphatic carbocycles. The summed E-state index contributed by atoms with van der Waals surface area (Å²) in [6, 6.07) is 15.8. The van der Waals surface area contributed by atoms with E-state index in [4.69, 9.17) is 4.42 Å². The minimum absolute atomic E-state index is 0.107. The minimum atomic E-state index is -0.107. The van der Waals surface area contributed by atoms with Gasteiger partial charge in [0, 0.05) is 9.26 Å². The van der Waals surface area contributed by atoms with E-state index >= 15 is 0 Å². The molecule has 0 atom stereocenters. The molecule has 1 N–H and O–H groups in total. The van der Waals surface area contributed by atoms with Gasteiger partial charge in [-0.05, 0) is 59.3 Å². The first-order valence-corrected chi connectivity index (χ1v) is 9.71. The molecule has 0 aliphatic rings. The molecule has 0 bridgehead atoms. The zero-order valence-corrected chi connectivity index (χ0v) is 16.5. The van der Waals surface area contributed by atoms with E-state index in [9.17, 15) is 4.79 Å². The SMILES string of the molecule is Cc1ccc(Cc2nnc(SCC(=O)Nc3ccc(I)cc3)o2)cc1. The van der Waals surface area contributed by atoms with Crippen LogP contribution in [0.2, 0.25) is 0 Å². The molecule has 0 unspecified atom stereocenters. The highest BCUT2D eigenvalue weighted by atomic mass is 127. The summed E-state index contributed by atoms with van der Waals surface area (Å²) in [5.74, 6) is 0.659. The van der Waals surface area contributed by atoms with Gasteiger partial charge in [0.15, 0.2) is 0 Å². The average Bonchev–Trinajstić information content (AvgIpc) is 3.05. The van der Waals surface area contributed by atoms with Gasteiger partial charge in [-0.15, -0.1) is 10.2 Å². The number of hydrogen-bond acceptors (Lipinski definition) is 5. The molecule has 5 nitrogen and oxygen atoms in total. The van der Waals surface area contributed by atoms with Crippen LogP contribution in [0.25, 0.3) is 0 Å².